The molecule has 2 aliphatic carbocycles. The lowest BCUT2D eigenvalue weighted by molar-refractivity contribution is 0.744. The van der Waals surface area contributed by atoms with E-state index in [1.54, 1.807) is 0 Å². The van der Waals surface area contributed by atoms with E-state index >= 15 is 0 Å². The molecule has 1 N–H and O–H groups in total. The van der Waals surface area contributed by atoms with Gasteiger partial charge in [-0.25, -0.2) is 9.78 Å². The van der Waals surface area contributed by atoms with Gasteiger partial charge < -0.3 is 0 Å². The van der Waals surface area contributed by atoms with Crippen LogP contribution in [0.2, 0.25) is 0 Å². The van der Waals surface area contributed by atoms with E-state index in [0.29, 0.717) is 11.8 Å². The maximum atomic E-state index is 4.66. The average Bonchev–Trinajstić information content (AvgIpc) is 3.22. The Kier molecular flexibility index (Phi) is 1.56. The summed E-state index contributed by atoms with van der Waals surface area (Å²) in [6.45, 7) is 0. The molecule has 4 rings (SSSR count). The summed E-state index contributed by atoms with van der Waals surface area (Å²) < 4.78 is 1.94. The quantitative estimate of drug-likeness (QED) is 0.848. The third-order valence-electron chi connectivity index (χ3n) is 3.35. The standard InChI is InChI=1S/C11H13N5/c1-2-7(1)9-5-10(8-3-4-8)16(15-9)11-12-6-13-14-11/h5-8H,1-4H2,(H,12,13,14). The molecule has 0 aliphatic heterocycles. The molecule has 0 saturated heterocycles. The molecule has 0 amide bonds. The van der Waals surface area contributed by atoms with E-state index in [4.69, 9.17) is 0 Å². The molecule has 2 aromatic heterocycles. The van der Waals surface area contributed by atoms with Crippen LogP contribution in [0.25, 0.3) is 5.95 Å². The van der Waals surface area contributed by atoms with E-state index < -0.39 is 0 Å². The van der Waals surface area contributed by atoms with Gasteiger partial charge >= 0.3 is 0 Å². The normalized spacial score (nSPS) is 20.2. The summed E-state index contributed by atoms with van der Waals surface area (Å²) in [5.74, 6) is 2.13. The van der Waals surface area contributed by atoms with Crippen LogP contribution in [0.1, 0.15) is 48.9 Å². The summed E-state index contributed by atoms with van der Waals surface area (Å²) in [6, 6.07) is 2.26. The predicted molar refractivity (Wildman–Crippen MR) is 57.5 cm³/mol. The number of hydrogen-bond donors (Lipinski definition) is 1. The molecule has 2 aliphatic rings. The summed E-state index contributed by atoms with van der Waals surface area (Å²) in [4.78, 5) is 4.18. The fourth-order valence-electron chi connectivity index (χ4n) is 2.13. The average molecular weight is 215 g/mol. The number of H-pyrrole nitrogens is 1. The molecule has 5 nitrogen and oxygen atoms in total. The van der Waals surface area contributed by atoms with Crippen molar-refractivity contribution in [1.29, 1.82) is 0 Å². The van der Waals surface area contributed by atoms with Gasteiger partial charge in [-0.1, -0.05) is 0 Å². The maximum Gasteiger partial charge on any atom is 0.246 e. The zero-order valence-corrected chi connectivity index (χ0v) is 8.93. The lowest BCUT2D eigenvalue weighted by Gasteiger charge is -2.00. The molecule has 0 radical (unpaired) electrons. The van der Waals surface area contributed by atoms with Crippen molar-refractivity contribution in [3.63, 3.8) is 0 Å². The molecule has 2 heterocycles. The van der Waals surface area contributed by atoms with E-state index in [-0.39, 0.29) is 0 Å². The van der Waals surface area contributed by atoms with Gasteiger partial charge in [0, 0.05) is 11.8 Å². The number of nitrogens with zero attached hydrogens (tertiary/aromatic N) is 4. The number of hydrogen-bond acceptors (Lipinski definition) is 3. The molecular formula is C11H13N5. The van der Waals surface area contributed by atoms with E-state index in [0.717, 1.165) is 5.95 Å². The first-order valence-corrected chi connectivity index (χ1v) is 5.87. The number of rotatable bonds is 3. The SMILES string of the molecule is c1n[nH]c(-n2nc(C3CC3)cc2C2CC2)n1. The monoisotopic (exact) mass is 215 g/mol. The van der Waals surface area contributed by atoms with Crippen molar-refractivity contribution >= 4 is 0 Å². The molecule has 0 unspecified atom stereocenters. The van der Waals surface area contributed by atoms with Crippen molar-refractivity contribution in [2.45, 2.75) is 37.5 Å². The highest BCUT2D eigenvalue weighted by Gasteiger charge is 2.33. The predicted octanol–water partition coefficient (Wildman–Crippen LogP) is 1.75. The van der Waals surface area contributed by atoms with Crippen LogP contribution in [0.15, 0.2) is 12.4 Å². The highest BCUT2D eigenvalue weighted by molar-refractivity contribution is 5.28. The van der Waals surface area contributed by atoms with E-state index in [1.807, 2.05) is 4.68 Å². The second kappa shape index (κ2) is 2.93. The topological polar surface area (TPSA) is 59.4 Å². The van der Waals surface area contributed by atoms with Gasteiger partial charge in [0.15, 0.2) is 0 Å². The lowest BCUT2D eigenvalue weighted by Crippen LogP contribution is -2.03. The zero-order valence-electron chi connectivity index (χ0n) is 8.93. The second-order valence-corrected chi connectivity index (χ2v) is 4.76. The van der Waals surface area contributed by atoms with Gasteiger partial charge in [-0.15, -0.1) is 0 Å². The lowest BCUT2D eigenvalue weighted by atomic mass is 10.2. The van der Waals surface area contributed by atoms with Crippen molar-refractivity contribution in [2.24, 2.45) is 0 Å². The largest absolute Gasteiger partial charge is 0.246 e. The number of aromatic nitrogens is 5. The maximum absolute atomic E-state index is 4.66. The molecule has 5 heteroatoms. The molecule has 0 spiro atoms. The molecule has 2 aromatic rings. The van der Waals surface area contributed by atoms with E-state index in [1.165, 1.54) is 43.4 Å². The van der Waals surface area contributed by atoms with Gasteiger partial charge in [0.05, 0.1) is 11.4 Å². The van der Waals surface area contributed by atoms with Gasteiger partial charge in [0.1, 0.15) is 6.33 Å². The first-order valence-electron chi connectivity index (χ1n) is 5.87. The summed E-state index contributed by atoms with van der Waals surface area (Å²) >= 11 is 0. The van der Waals surface area contributed by atoms with Crippen molar-refractivity contribution in [2.75, 3.05) is 0 Å². The van der Waals surface area contributed by atoms with Crippen LogP contribution in [0, 0.1) is 0 Å². The van der Waals surface area contributed by atoms with Crippen LogP contribution in [0.3, 0.4) is 0 Å². The van der Waals surface area contributed by atoms with E-state index in [9.17, 15) is 0 Å². The summed E-state index contributed by atoms with van der Waals surface area (Å²) in [5.41, 5.74) is 2.54. The van der Waals surface area contributed by atoms with Crippen LogP contribution < -0.4 is 0 Å². The smallest absolute Gasteiger partial charge is 0.244 e. The van der Waals surface area contributed by atoms with Crippen LogP contribution in [-0.2, 0) is 0 Å². The molecule has 2 fully saturated rings. The third-order valence-corrected chi connectivity index (χ3v) is 3.35. The highest BCUT2D eigenvalue weighted by atomic mass is 15.4. The van der Waals surface area contributed by atoms with Crippen molar-refractivity contribution in [1.82, 2.24) is 25.0 Å². The van der Waals surface area contributed by atoms with Crippen LogP contribution in [0.5, 0.6) is 0 Å². The van der Waals surface area contributed by atoms with Crippen LogP contribution >= 0.6 is 0 Å². The Morgan fingerprint density at radius 3 is 2.62 bits per heavy atom. The van der Waals surface area contributed by atoms with Gasteiger partial charge in [-0.3, -0.25) is 0 Å². The number of aromatic amines is 1. The molecular weight excluding hydrogens is 202 g/mol. The summed E-state index contributed by atoms with van der Waals surface area (Å²) in [5, 5.41) is 11.4. The van der Waals surface area contributed by atoms with Crippen LogP contribution in [0.4, 0.5) is 0 Å². The minimum absolute atomic E-state index is 0.685. The second-order valence-electron chi connectivity index (χ2n) is 4.76. The Morgan fingerprint density at radius 2 is 2.00 bits per heavy atom. The Labute approximate surface area is 92.9 Å². The number of nitrogens with one attached hydrogen (secondary N) is 1. The Morgan fingerprint density at radius 1 is 1.19 bits per heavy atom. The molecule has 2 saturated carbocycles. The first kappa shape index (κ1) is 8.50. The van der Waals surface area contributed by atoms with Crippen molar-refractivity contribution in [3.8, 4) is 5.95 Å². The third kappa shape index (κ3) is 1.27. The Bertz CT molecular complexity index is 504. The highest BCUT2D eigenvalue weighted by Crippen LogP contribution is 2.45. The fraction of sp³-hybridized carbons (Fsp3) is 0.545. The van der Waals surface area contributed by atoms with Crippen LogP contribution in [-0.4, -0.2) is 25.0 Å². The summed E-state index contributed by atoms with van der Waals surface area (Å²) in [7, 11) is 0. The minimum Gasteiger partial charge on any atom is -0.244 e. The first-order chi connectivity index (χ1) is 7.92. The Balaban J connectivity index is 1.82. The van der Waals surface area contributed by atoms with E-state index in [2.05, 4.69) is 26.3 Å². The molecule has 0 aromatic carbocycles. The molecule has 0 atom stereocenters. The molecule has 0 bridgehead atoms. The minimum atomic E-state index is 0.685. The Hall–Kier alpha value is -1.65. The van der Waals surface area contributed by atoms with Gasteiger partial charge in [0.25, 0.3) is 0 Å². The molecule has 16 heavy (non-hydrogen) atoms. The summed E-state index contributed by atoms with van der Waals surface area (Å²) in [6.07, 6.45) is 6.67. The van der Waals surface area contributed by atoms with Crippen molar-refractivity contribution in [3.05, 3.63) is 23.8 Å². The van der Waals surface area contributed by atoms with Gasteiger partial charge in [0.2, 0.25) is 5.95 Å². The fourth-order valence-corrected chi connectivity index (χ4v) is 2.13. The zero-order chi connectivity index (χ0) is 10.5. The van der Waals surface area contributed by atoms with Crippen molar-refractivity contribution < 1.29 is 0 Å². The van der Waals surface area contributed by atoms with Gasteiger partial charge in [-0.2, -0.15) is 15.2 Å². The van der Waals surface area contributed by atoms with Gasteiger partial charge in [-0.05, 0) is 31.7 Å². The molecule has 82 valence electrons.